The standard InChI is InChI=1S/C20H27ClN2O3S/c1-3-27(25,26)23-17-9-8-14(21)10-15(17)19-16(11-22-12-18(19)23)20(2,24)13-6-4-5-7-13/h8-10,13,16,22,24H,3-7,11-12H2,1-2H3. The van der Waals surface area contributed by atoms with Crippen LogP contribution in [0.25, 0.3) is 10.9 Å². The van der Waals surface area contributed by atoms with Gasteiger partial charge in [-0.15, -0.1) is 0 Å². The smallest absolute Gasteiger partial charge is 0.239 e. The summed E-state index contributed by atoms with van der Waals surface area (Å²) in [7, 11) is -3.47. The first-order chi connectivity index (χ1) is 12.8. The van der Waals surface area contributed by atoms with Crippen LogP contribution in [0.2, 0.25) is 5.02 Å². The lowest BCUT2D eigenvalue weighted by Crippen LogP contribution is -2.47. The van der Waals surface area contributed by atoms with E-state index < -0.39 is 15.6 Å². The highest BCUT2D eigenvalue weighted by Gasteiger charge is 2.45. The van der Waals surface area contributed by atoms with Crippen molar-refractivity contribution < 1.29 is 13.5 Å². The number of benzene rings is 1. The Morgan fingerprint density at radius 2 is 2.04 bits per heavy atom. The Balaban J connectivity index is 1.98. The second-order valence-corrected chi connectivity index (χ2v) is 10.6. The number of fused-ring (bicyclic) bond motifs is 3. The van der Waals surface area contributed by atoms with Crippen molar-refractivity contribution in [3.8, 4) is 0 Å². The Hall–Kier alpha value is -1.08. The maximum absolute atomic E-state index is 12.9. The van der Waals surface area contributed by atoms with E-state index in [9.17, 15) is 13.5 Å². The fourth-order valence-corrected chi connectivity index (χ4v) is 6.43. The van der Waals surface area contributed by atoms with Crippen molar-refractivity contribution in [1.82, 2.24) is 9.29 Å². The molecule has 0 radical (unpaired) electrons. The Morgan fingerprint density at radius 3 is 2.70 bits per heavy atom. The summed E-state index contributed by atoms with van der Waals surface area (Å²) in [5.41, 5.74) is 1.45. The van der Waals surface area contributed by atoms with Gasteiger partial charge in [-0.2, -0.15) is 0 Å². The number of nitrogens with zero attached hydrogens (tertiary/aromatic N) is 1. The molecule has 2 aromatic rings. The van der Waals surface area contributed by atoms with E-state index in [0.717, 1.165) is 42.3 Å². The lowest BCUT2D eigenvalue weighted by molar-refractivity contribution is -0.0257. The number of hydrogen-bond donors (Lipinski definition) is 2. The monoisotopic (exact) mass is 410 g/mol. The zero-order valence-electron chi connectivity index (χ0n) is 15.8. The first-order valence-electron chi connectivity index (χ1n) is 9.76. The average molecular weight is 411 g/mol. The van der Waals surface area contributed by atoms with E-state index in [1.807, 2.05) is 13.0 Å². The number of hydrogen-bond acceptors (Lipinski definition) is 4. The summed E-state index contributed by atoms with van der Waals surface area (Å²) in [6.07, 6.45) is 4.33. The Bertz CT molecular complexity index is 975. The molecule has 4 rings (SSSR count). The van der Waals surface area contributed by atoms with Crippen LogP contribution in [0, 0.1) is 5.92 Å². The van der Waals surface area contributed by atoms with Gasteiger partial charge in [0.15, 0.2) is 0 Å². The maximum Gasteiger partial charge on any atom is 0.239 e. The van der Waals surface area contributed by atoms with Crippen molar-refractivity contribution >= 4 is 32.5 Å². The van der Waals surface area contributed by atoms with Crippen molar-refractivity contribution in [2.75, 3.05) is 12.3 Å². The molecule has 1 aromatic carbocycles. The molecule has 0 saturated heterocycles. The van der Waals surface area contributed by atoms with E-state index in [0.29, 0.717) is 23.6 Å². The average Bonchev–Trinajstić information content (AvgIpc) is 3.28. The summed E-state index contributed by atoms with van der Waals surface area (Å²) in [5.74, 6) is 0.0875. The quantitative estimate of drug-likeness (QED) is 0.807. The third-order valence-electron chi connectivity index (χ3n) is 6.54. The van der Waals surface area contributed by atoms with Gasteiger partial charge in [-0.25, -0.2) is 12.4 Å². The topological polar surface area (TPSA) is 71.3 Å². The lowest BCUT2D eigenvalue weighted by Gasteiger charge is -2.40. The maximum atomic E-state index is 12.9. The minimum Gasteiger partial charge on any atom is -0.389 e. The van der Waals surface area contributed by atoms with E-state index in [-0.39, 0.29) is 17.6 Å². The van der Waals surface area contributed by atoms with Gasteiger partial charge in [-0.3, -0.25) is 0 Å². The highest BCUT2D eigenvalue weighted by Crippen LogP contribution is 2.47. The van der Waals surface area contributed by atoms with Gasteiger partial charge >= 0.3 is 0 Å². The molecule has 2 atom stereocenters. The van der Waals surface area contributed by atoms with Gasteiger partial charge < -0.3 is 10.4 Å². The molecule has 0 bridgehead atoms. The molecule has 1 fully saturated rings. The van der Waals surface area contributed by atoms with E-state index in [2.05, 4.69) is 5.32 Å². The number of halogens is 1. The molecule has 2 heterocycles. The predicted molar refractivity (Wildman–Crippen MR) is 109 cm³/mol. The van der Waals surface area contributed by atoms with Crippen LogP contribution in [0.15, 0.2) is 18.2 Å². The first-order valence-corrected chi connectivity index (χ1v) is 11.7. The van der Waals surface area contributed by atoms with Gasteiger partial charge in [-0.05, 0) is 56.4 Å². The zero-order chi connectivity index (χ0) is 19.4. The molecule has 148 valence electrons. The van der Waals surface area contributed by atoms with Crippen molar-refractivity contribution in [1.29, 1.82) is 0 Å². The second kappa shape index (κ2) is 6.76. The number of nitrogens with one attached hydrogen (secondary N) is 1. The van der Waals surface area contributed by atoms with Crippen LogP contribution >= 0.6 is 11.6 Å². The van der Waals surface area contributed by atoms with Crippen LogP contribution in [-0.2, 0) is 16.6 Å². The van der Waals surface area contributed by atoms with E-state index in [1.165, 1.54) is 3.97 Å². The van der Waals surface area contributed by atoms with Crippen LogP contribution in [0.5, 0.6) is 0 Å². The summed E-state index contributed by atoms with van der Waals surface area (Å²) in [5, 5.41) is 16.3. The molecule has 1 aliphatic heterocycles. The molecule has 2 N–H and O–H groups in total. The van der Waals surface area contributed by atoms with Gasteiger partial charge in [0, 0.05) is 29.4 Å². The largest absolute Gasteiger partial charge is 0.389 e. The predicted octanol–water partition coefficient (Wildman–Crippen LogP) is 3.62. The zero-order valence-corrected chi connectivity index (χ0v) is 17.4. The first kappa shape index (κ1) is 19.2. The van der Waals surface area contributed by atoms with E-state index in [1.54, 1.807) is 19.1 Å². The number of aliphatic hydroxyl groups is 1. The molecule has 0 amide bonds. The van der Waals surface area contributed by atoms with Crippen molar-refractivity contribution in [2.24, 2.45) is 5.92 Å². The fraction of sp³-hybridized carbons (Fsp3) is 0.600. The molecule has 2 unspecified atom stereocenters. The molecular formula is C20H27ClN2O3S. The van der Waals surface area contributed by atoms with Crippen LogP contribution in [0.3, 0.4) is 0 Å². The van der Waals surface area contributed by atoms with Crippen molar-refractivity contribution in [3.05, 3.63) is 34.5 Å². The summed E-state index contributed by atoms with van der Waals surface area (Å²) >= 11 is 6.27. The molecular weight excluding hydrogens is 384 g/mol. The molecule has 7 heteroatoms. The van der Waals surface area contributed by atoms with Gasteiger partial charge in [-0.1, -0.05) is 24.4 Å². The normalized spacial score (nSPS) is 23.5. The number of aromatic nitrogens is 1. The minimum absolute atomic E-state index is 0.0233. The lowest BCUT2D eigenvalue weighted by atomic mass is 9.72. The summed E-state index contributed by atoms with van der Waals surface area (Å²) in [4.78, 5) is 0. The van der Waals surface area contributed by atoms with Gasteiger partial charge in [0.05, 0.1) is 22.6 Å². The molecule has 27 heavy (non-hydrogen) atoms. The third kappa shape index (κ3) is 3.01. The van der Waals surface area contributed by atoms with Crippen molar-refractivity contribution in [3.63, 3.8) is 0 Å². The molecule has 1 saturated carbocycles. The van der Waals surface area contributed by atoms with Gasteiger partial charge in [0.25, 0.3) is 0 Å². The molecule has 0 spiro atoms. The summed E-state index contributed by atoms with van der Waals surface area (Å²) in [6.45, 7) is 4.69. The van der Waals surface area contributed by atoms with Crippen LogP contribution in [0.4, 0.5) is 0 Å². The second-order valence-electron chi connectivity index (χ2n) is 8.08. The molecule has 1 aromatic heterocycles. The fourth-order valence-electron chi connectivity index (χ4n) is 5.04. The Labute approximate surface area is 165 Å². The Kier molecular flexibility index (Phi) is 4.82. The Morgan fingerprint density at radius 1 is 1.33 bits per heavy atom. The summed E-state index contributed by atoms with van der Waals surface area (Å²) < 4.78 is 27.2. The highest BCUT2D eigenvalue weighted by molar-refractivity contribution is 7.90. The minimum atomic E-state index is -3.47. The van der Waals surface area contributed by atoms with Crippen LogP contribution < -0.4 is 5.32 Å². The SMILES string of the molecule is CCS(=O)(=O)n1c2c(c3cc(Cl)ccc31)C(C(C)(O)C1CCCC1)CNC2. The van der Waals surface area contributed by atoms with Gasteiger partial charge in [0.1, 0.15) is 0 Å². The molecule has 5 nitrogen and oxygen atoms in total. The van der Waals surface area contributed by atoms with E-state index >= 15 is 0 Å². The van der Waals surface area contributed by atoms with Crippen LogP contribution in [0.1, 0.15) is 56.7 Å². The van der Waals surface area contributed by atoms with E-state index in [4.69, 9.17) is 11.6 Å². The van der Waals surface area contributed by atoms with Crippen molar-refractivity contribution in [2.45, 2.75) is 57.6 Å². The third-order valence-corrected chi connectivity index (χ3v) is 8.48. The number of rotatable bonds is 4. The molecule has 1 aliphatic carbocycles. The summed E-state index contributed by atoms with van der Waals surface area (Å²) in [6, 6.07) is 5.36. The van der Waals surface area contributed by atoms with Gasteiger partial charge in [0.2, 0.25) is 10.0 Å². The highest BCUT2D eigenvalue weighted by atomic mass is 35.5. The van der Waals surface area contributed by atoms with Crippen LogP contribution in [-0.4, -0.2) is 35.4 Å². The molecule has 2 aliphatic rings.